The average molecular weight is 538 g/mol. The number of halogens is 2. The molecule has 0 saturated carbocycles. The Morgan fingerprint density at radius 2 is 1.92 bits per heavy atom. The van der Waals surface area contributed by atoms with Gasteiger partial charge in [-0.1, -0.05) is 13.0 Å². The van der Waals surface area contributed by atoms with Gasteiger partial charge in [-0.15, -0.1) is 0 Å². The summed E-state index contributed by atoms with van der Waals surface area (Å²) in [6.45, 7) is 9.88. The van der Waals surface area contributed by atoms with Crippen LogP contribution in [0.5, 0.6) is 0 Å². The smallest absolute Gasteiger partial charge is 0.229 e. The number of hydrogen-bond donors (Lipinski definition) is 2. The van der Waals surface area contributed by atoms with E-state index in [1.165, 1.54) is 6.07 Å². The van der Waals surface area contributed by atoms with Gasteiger partial charge in [0.05, 0.1) is 17.7 Å². The molecule has 0 aliphatic heterocycles. The van der Waals surface area contributed by atoms with E-state index in [1.54, 1.807) is 36.2 Å². The Morgan fingerprint density at radius 3 is 2.59 bits per heavy atom. The first-order valence-electron chi connectivity index (χ1n) is 12.7. The van der Waals surface area contributed by atoms with Gasteiger partial charge in [0.2, 0.25) is 5.95 Å². The lowest BCUT2D eigenvalue weighted by molar-refractivity contribution is -0.306. The largest absolute Gasteiger partial charge is 0.549 e. The van der Waals surface area contributed by atoms with Gasteiger partial charge in [0, 0.05) is 44.0 Å². The van der Waals surface area contributed by atoms with Gasteiger partial charge >= 0.3 is 0 Å². The highest BCUT2D eigenvalue weighted by Crippen LogP contribution is 2.30. The predicted octanol–water partition coefficient (Wildman–Crippen LogP) is 2.96. The number of imidazole rings is 1. The van der Waals surface area contributed by atoms with Gasteiger partial charge in [-0.25, -0.2) is 28.7 Å². The Hall–Kier alpha value is -4.03. The highest BCUT2D eigenvalue weighted by molar-refractivity contribution is 5.83. The second-order valence-electron chi connectivity index (χ2n) is 9.45. The number of rotatable bonds is 12. The van der Waals surface area contributed by atoms with Crippen LogP contribution in [0.2, 0.25) is 0 Å². The zero-order valence-corrected chi connectivity index (χ0v) is 22.3. The van der Waals surface area contributed by atoms with E-state index in [0.717, 1.165) is 18.3 Å². The summed E-state index contributed by atoms with van der Waals surface area (Å²) in [5.74, 6) is -1.25. The molecule has 4 aromatic rings. The summed E-state index contributed by atoms with van der Waals surface area (Å²) in [5.41, 5.74) is 1.79. The summed E-state index contributed by atoms with van der Waals surface area (Å²) in [4.78, 5) is 29.8. The Labute approximate surface area is 225 Å². The van der Waals surface area contributed by atoms with Crippen molar-refractivity contribution < 1.29 is 18.7 Å². The Kier molecular flexibility index (Phi) is 8.77. The summed E-state index contributed by atoms with van der Waals surface area (Å²) in [5, 5.41) is 17.2. The maximum atomic E-state index is 14.9. The van der Waals surface area contributed by atoms with Gasteiger partial charge in [-0.3, -0.25) is 4.90 Å². The van der Waals surface area contributed by atoms with Crippen molar-refractivity contribution in [3.05, 3.63) is 59.7 Å². The van der Waals surface area contributed by atoms with Gasteiger partial charge in [0.15, 0.2) is 11.6 Å². The Bertz CT molecular complexity index is 1460. The third-order valence-corrected chi connectivity index (χ3v) is 6.14. The van der Waals surface area contributed by atoms with Crippen LogP contribution in [0.15, 0.2) is 36.7 Å². The number of anilines is 2. The van der Waals surface area contributed by atoms with Crippen molar-refractivity contribution in [3.8, 4) is 11.3 Å². The molecule has 0 amide bonds. The summed E-state index contributed by atoms with van der Waals surface area (Å²) >= 11 is 0. The molecule has 0 spiro atoms. The number of carbonyl (C=O) groups is 1. The zero-order chi connectivity index (χ0) is 28.1. The number of likely N-dealkylation sites (N-methyl/N-ethyl adjacent to an activating group) is 1. The molecule has 4 rings (SSSR count). The predicted molar refractivity (Wildman–Crippen MR) is 142 cm³/mol. The van der Waals surface area contributed by atoms with E-state index in [4.69, 9.17) is 0 Å². The maximum absolute atomic E-state index is 14.9. The molecular weight excluding hydrogens is 506 g/mol. The molecule has 0 bridgehead atoms. The monoisotopic (exact) mass is 537 g/mol. The van der Waals surface area contributed by atoms with Crippen LogP contribution in [-0.2, 0) is 11.3 Å². The van der Waals surface area contributed by atoms with Crippen LogP contribution in [0, 0.1) is 18.6 Å². The van der Waals surface area contributed by atoms with Gasteiger partial charge < -0.3 is 25.1 Å². The minimum atomic E-state index is -1.15. The molecule has 3 heterocycles. The lowest BCUT2D eigenvalue weighted by atomic mass is 10.1. The topological polar surface area (TPSA) is 124 Å². The molecule has 1 aromatic carbocycles. The average Bonchev–Trinajstić information content (AvgIpc) is 3.22. The number of carboxylic acid groups (broad SMARTS) is 1. The number of hydrogen-bond acceptors (Lipinski definition) is 9. The third kappa shape index (κ3) is 6.70. The molecule has 0 radical (unpaired) electrons. The molecule has 3 aromatic heterocycles. The molecule has 0 saturated heterocycles. The van der Waals surface area contributed by atoms with Crippen LogP contribution in [0.25, 0.3) is 22.3 Å². The molecule has 0 atom stereocenters. The number of pyridine rings is 1. The normalized spacial score (nSPS) is 11.6. The number of nitrogens with zero attached hydrogens (tertiary/aromatic N) is 6. The van der Waals surface area contributed by atoms with Crippen LogP contribution in [0.4, 0.5) is 20.5 Å². The van der Waals surface area contributed by atoms with Gasteiger partial charge in [-0.05, 0) is 51.1 Å². The molecule has 12 heteroatoms. The van der Waals surface area contributed by atoms with Gasteiger partial charge in [-0.2, -0.15) is 0 Å². The molecule has 2 N–H and O–H groups in total. The molecular formula is C27H31F2N8O2-. The molecule has 39 heavy (non-hydrogen) atoms. The van der Waals surface area contributed by atoms with E-state index >= 15 is 0 Å². The van der Waals surface area contributed by atoms with E-state index in [2.05, 4.69) is 30.6 Å². The number of aromatic nitrogens is 5. The third-order valence-electron chi connectivity index (χ3n) is 6.14. The molecule has 0 unspecified atom stereocenters. The fourth-order valence-corrected chi connectivity index (χ4v) is 4.46. The first-order chi connectivity index (χ1) is 18.7. The highest BCUT2D eigenvalue weighted by Gasteiger charge is 2.18. The van der Waals surface area contributed by atoms with Crippen molar-refractivity contribution in [3.63, 3.8) is 0 Å². The van der Waals surface area contributed by atoms with Crippen LogP contribution >= 0.6 is 0 Å². The van der Waals surface area contributed by atoms with E-state index in [0.29, 0.717) is 36.8 Å². The van der Waals surface area contributed by atoms with Crippen LogP contribution in [-0.4, -0.2) is 61.6 Å². The van der Waals surface area contributed by atoms with Crippen LogP contribution < -0.4 is 15.7 Å². The molecule has 10 nitrogen and oxygen atoms in total. The number of carboxylic acids is 1. The summed E-state index contributed by atoms with van der Waals surface area (Å²) < 4.78 is 31.6. The van der Waals surface area contributed by atoms with Crippen LogP contribution in [0.3, 0.4) is 0 Å². The molecule has 206 valence electrons. The van der Waals surface area contributed by atoms with Crippen molar-refractivity contribution in [2.45, 2.75) is 40.3 Å². The van der Waals surface area contributed by atoms with E-state index in [-0.39, 0.29) is 35.3 Å². The summed E-state index contributed by atoms with van der Waals surface area (Å²) in [6.07, 6.45) is 2.63. The quantitative estimate of drug-likeness (QED) is 0.263. The Balaban J connectivity index is 1.54. The fraction of sp³-hybridized carbons (Fsp3) is 0.370. The first-order valence-corrected chi connectivity index (χ1v) is 12.7. The lowest BCUT2D eigenvalue weighted by Gasteiger charge is -2.22. The van der Waals surface area contributed by atoms with Crippen molar-refractivity contribution in [1.29, 1.82) is 0 Å². The van der Waals surface area contributed by atoms with Crippen molar-refractivity contribution in [2.75, 3.05) is 31.5 Å². The minimum Gasteiger partial charge on any atom is -0.549 e. The number of fused-ring (bicyclic) bond motifs is 1. The number of carbonyl (C=O) groups excluding carboxylic acids is 1. The number of nitrogens with one attached hydrogen (secondary N) is 2. The lowest BCUT2D eigenvalue weighted by Crippen LogP contribution is -2.40. The zero-order valence-electron chi connectivity index (χ0n) is 22.3. The van der Waals surface area contributed by atoms with Crippen LogP contribution in [0.1, 0.15) is 38.2 Å². The molecule has 0 fully saturated rings. The van der Waals surface area contributed by atoms with Gasteiger partial charge in [0.25, 0.3) is 0 Å². The van der Waals surface area contributed by atoms with Crippen molar-refractivity contribution >= 4 is 28.8 Å². The summed E-state index contributed by atoms with van der Waals surface area (Å²) in [7, 11) is 0. The minimum absolute atomic E-state index is 0.0343. The number of aliphatic carboxylic acids is 1. The van der Waals surface area contributed by atoms with E-state index in [9.17, 15) is 18.7 Å². The second kappa shape index (κ2) is 12.2. The number of benzene rings is 1. The summed E-state index contributed by atoms with van der Waals surface area (Å²) in [6, 6.07) is 6.42. The maximum Gasteiger partial charge on any atom is 0.229 e. The standard InChI is InChI=1S/C27H32F2N8O2/c1-5-30-8-9-36(15-24(38)39)14-18-6-7-23(31-12-18)34-27-32-13-21(29)25(35-27)19-10-20(28)26-22(11-19)37(16(2)3)17(4)33-26/h6-7,10-13,16,30H,5,8-9,14-15H2,1-4H3,(H,38,39)(H,31,32,34,35)/p-1. The van der Waals surface area contributed by atoms with Gasteiger partial charge in [0.1, 0.15) is 22.9 Å². The first kappa shape index (κ1) is 28.0. The number of aryl methyl sites for hydroxylation is 1. The van der Waals surface area contributed by atoms with E-state index in [1.807, 2.05) is 25.3 Å². The highest BCUT2D eigenvalue weighted by atomic mass is 19.1. The Morgan fingerprint density at radius 1 is 1.13 bits per heavy atom. The van der Waals surface area contributed by atoms with E-state index < -0.39 is 17.6 Å². The van der Waals surface area contributed by atoms with Crippen molar-refractivity contribution in [2.24, 2.45) is 0 Å². The van der Waals surface area contributed by atoms with Crippen molar-refractivity contribution in [1.82, 2.24) is 34.7 Å². The molecule has 0 aliphatic carbocycles. The molecule has 0 aliphatic rings. The second-order valence-corrected chi connectivity index (χ2v) is 9.45. The fourth-order valence-electron chi connectivity index (χ4n) is 4.46. The SMILES string of the molecule is CCNCCN(CC(=O)[O-])Cc1ccc(Nc2ncc(F)c(-c3cc(F)c4nc(C)n(C(C)C)c4c3)n2)nc1.